The van der Waals surface area contributed by atoms with Gasteiger partial charge in [-0.3, -0.25) is 0 Å². The van der Waals surface area contributed by atoms with Crippen LogP contribution in [0.5, 0.6) is 0 Å². The number of benzene rings is 4. The summed E-state index contributed by atoms with van der Waals surface area (Å²) >= 11 is 0. The van der Waals surface area contributed by atoms with Gasteiger partial charge in [0.05, 0.1) is 0 Å². The van der Waals surface area contributed by atoms with Crippen LogP contribution in [0.1, 0.15) is 47.2 Å². The minimum absolute atomic E-state index is 0.0521. The van der Waals surface area contributed by atoms with E-state index in [4.69, 9.17) is 0 Å². The van der Waals surface area contributed by atoms with Gasteiger partial charge in [-0.25, -0.2) is 0 Å². The van der Waals surface area contributed by atoms with Crippen LogP contribution in [0, 0.1) is 27.7 Å². The van der Waals surface area contributed by atoms with Crippen molar-refractivity contribution in [3.8, 4) is 22.3 Å². The third kappa shape index (κ3) is 4.21. The lowest BCUT2D eigenvalue weighted by atomic mass is 9.77. The molecule has 0 saturated heterocycles. The van der Waals surface area contributed by atoms with Gasteiger partial charge >= 0.3 is 0 Å². The molecular formula is C31H32. The van der Waals surface area contributed by atoms with Crippen molar-refractivity contribution in [2.75, 3.05) is 0 Å². The first-order valence-electron chi connectivity index (χ1n) is 11.1. The molecule has 0 aliphatic carbocycles. The van der Waals surface area contributed by atoms with Gasteiger partial charge in [-0.2, -0.15) is 0 Å². The van der Waals surface area contributed by atoms with Crippen molar-refractivity contribution in [1.29, 1.82) is 0 Å². The Bertz CT molecular complexity index is 1110. The maximum absolute atomic E-state index is 2.31. The first-order valence-corrected chi connectivity index (χ1v) is 11.1. The average molecular weight is 405 g/mol. The van der Waals surface area contributed by atoms with E-state index < -0.39 is 0 Å². The van der Waals surface area contributed by atoms with Crippen molar-refractivity contribution in [1.82, 2.24) is 0 Å². The van der Waals surface area contributed by atoms with E-state index in [1.807, 2.05) is 0 Å². The molecule has 0 atom stereocenters. The van der Waals surface area contributed by atoms with E-state index in [0.29, 0.717) is 0 Å². The summed E-state index contributed by atoms with van der Waals surface area (Å²) in [6, 6.07) is 31.5. The van der Waals surface area contributed by atoms with E-state index in [2.05, 4.69) is 126 Å². The van der Waals surface area contributed by atoms with E-state index in [9.17, 15) is 0 Å². The summed E-state index contributed by atoms with van der Waals surface area (Å²) in [4.78, 5) is 0. The highest BCUT2D eigenvalue weighted by Crippen LogP contribution is 2.34. The quantitative estimate of drug-likeness (QED) is 0.319. The van der Waals surface area contributed by atoms with Crippen LogP contribution in [-0.2, 0) is 5.41 Å². The summed E-state index contributed by atoms with van der Waals surface area (Å²) in [6.07, 6.45) is 0. The Morgan fingerprint density at radius 3 is 1.03 bits per heavy atom. The van der Waals surface area contributed by atoms with E-state index in [1.54, 1.807) is 0 Å². The lowest BCUT2D eigenvalue weighted by Gasteiger charge is -2.26. The predicted molar refractivity (Wildman–Crippen MR) is 135 cm³/mol. The van der Waals surface area contributed by atoms with Gasteiger partial charge in [-0.15, -0.1) is 0 Å². The normalized spacial score (nSPS) is 11.5. The second-order valence-electron chi connectivity index (χ2n) is 9.38. The standard InChI is InChI=1S/C31H32/c1-21-7-9-27(19-23(21)3)25-11-15-29(16-12-25)31(5,6)30-17-13-26(14-18-30)28-10-8-22(2)24(4)20-28/h7-20H,1-6H3. The van der Waals surface area contributed by atoms with Crippen molar-refractivity contribution in [3.63, 3.8) is 0 Å². The molecule has 0 saturated carbocycles. The first-order chi connectivity index (χ1) is 14.8. The molecule has 0 heterocycles. The highest BCUT2D eigenvalue weighted by atomic mass is 14.3. The van der Waals surface area contributed by atoms with Crippen LogP contribution in [0.3, 0.4) is 0 Å². The predicted octanol–water partition coefficient (Wildman–Crippen LogP) is 8.58. The highest BCUT2D eigenvalue weighted by Gasteiger charge is 2.23. The van der Waals surface area contributed by atoms with Crippen LogP contribution in [0.15, 0.2) is 84.9 Å². The molecule has 0 heteroatoms. The molecular weight excluding hydrogens is 372 g/mol. The first kappa shape index (κ1) is 21.1. The zero-order valence-electron chi connectivity index (χ0n) is 19.6. The molecule has 4 aromatic rings. The molecule has 0 unspecified atom stereocenters. The van der Waals surface area contributed by atoms with Gasteiger partial charge in [0.25, 0.3) is 0 Å². The fourth-order valence-corrected chi connectivity index (χ4v) is 4.17. The van der Waals surface area contributed by atoms with Crippen LogP contribution in [0.4, 0.5) is 0 Å². The second-order valence-corrected chi connectivity index (χ2v) is 9.38. The fraction of sp³-hybridized carbons (Fsp3) is 0.226. The summed E-state index contributed by atoms with van der Waals surface area (Å²) in [6.45, 7) is 13.3. The summed E-state index contributed by atoms with van der Waals surface area (Å²) in [5, 5.41) is 0. The fourth-order valence-electron chi connectivity index (χ4n) is 4.17. The Labute approximate surface area is 187 Å². The van der Waals surface area contributed by atoms with Crippen molar-refractivity contribution in [3.05, 3.63) is 118 Å². The molecule has 4 aromatic carbocycles. The SMILES string of the molecule is Cc1ccc(-c2ccc(C(C)(C)c3ccc(-c4ccc(C)c(C)c4)cc3)cc2)cc1C. The molecule has 4 rings (SSSR count). The molecule has 156 valence electrons. The van der Waals surface area contributed by atoms with Crippen LogP contribution in [0.25, 0.3) is 22.3 Å². The van der Waals surface area contributed by atoms with E-state index in [0.717, 1.165) is 0 Å². The molecule has 0 amide bonds. The number of hydrogen-bond donors (Lipinski definition) is 0. The maximum atomic E-state index is 2.31. The van der Waals surface area contributed by atoms with E-state index in [1.165, 1.54) is 55.6 Å². The maximum Gasteiger partial charge on any atom is 0.0146 e. The molecule has 0 spiro atoms. The van der Waals surface area contributed by atoms with Crippen molar-refractivity contribution in [2.24, 2.45) is 0 Å². The Morgan fingerprint density at radius 2 is 0.710 bits per heavy atom. The van der Waals surface area contributed by atoms with Gasteiger partial charge in [0, 0.05) is 5.41 Å². The molecule has 0 aliphatic rings. The third-order valence-electron chi connectivity index (χ3n) is 6.89. The Hall–Kier alpha value is -3.12. The van der Waals surface area contributed by atoms with Crippen LogP contribution in [0.2, 0.25) is 0 Å². The van der Waals surface area contributed by atoms with Gasteiger partial charge in [-0.1, -0.05) is 98.8 Å². The van der Waals surface area contributed by atoms with Crippen LogP contribution < -0.4 is 0 Å². The lowest BCUT2D eigenvalue weighted by molar-refractivity contribution is 0.641. The molecule has 0 nitrogen and oxygen atoms in total. The number of rotatable bonds is 4. The number of aryl methyl sites for hydroxylation is 4. The molecule has 31 heavy (non-hydrogen) atoms. The number of hydrogen-bond acceptors (Lipinski definition) is 0. The van der Waals surface area contributed by atoms with E-state index >= 15 is 0 Å². The van der Waals surface area contributed by atoms with Crippen molar-refractivity contribution < 1.29 is 0 Å². The second kappa shape index (κ2) is 8.19. The highest BCUT2D eigenvalue weighted by molar-refractivity contribution is 5.67. The minimum atomic E-state index is -0.0521. The molecule has 0 radical (unpaired) electrons. The Balaban J connectivity index is 1.60. The molecule has 0 fully saturated rings. The van der Waals surface area contributed by atoms with Crippen LogP contribution in [-0.4, -0.2) is 0 Å². The molecule has 0 aliphatic heterocycles. The average Bonchev–Trinajstić information content (AvgIpc) is 2.78. The third-order valence-corrected chi connectivity index (χ3v) is 6.89. The Kier molecular flexibility index (Phi) is 5.58. The van der Waals surface area contributed by atoms with Crippen LogP contribution >= 0.6 is 0 Å². The minimum Gasteiger partial charge on any atom is -0.0584 e. The van der Waals surface area contributed by atoms with Gasteiger partial charge < -0.3 is 0 Å². The van der Waals surface area contributed by atoms with Gasteiger partial charge in [0.1, 0.15) is 0 Å². The summed E-state index contributed by atoms with van der Waals surface area (Å²) in [7, 11) is 0. The summed E-state index contributed by atoms with van der Waals surface area (Å²) < 4.78 is 0. The smallest absolute Gasteiger partial charge is 0.0146 e. The summed E-state index contributed by atoms with van der Waals surface area (Å²) in [5.41, 5.74) is 13.1. The molecule has 0 aromatic heterocycles. The lowest BCUT2D eigenvalue weighted by Crippen LogP contribution is -2.18. The van der Waals surface area contributed by atoms with E-state index in [-0.39, 0.29) is 5.41 Å². The zero-order valence-corrected chi connectivity index (χ0v) is 19.6. The van der Waals surface area contributed by atoms with Gasteiger partial charge in [0.2, 0.25) is 0 Å². The van der Waals surface area contributed by atoms with Gasteiger partial charge in [0.15, 0.2) is 0 Å². The monoisotopic (exact) mass is 404 g/mol. The Morgan fingerprint density at radius 1 is 0.387 bits per heavy atom. The molecule has 0 bridgehead atoms. The van der Waals surface area contributed by atoms with Gasteiger partial charge in [-0.05, 0) is 83.3 Å². The largest absolute Gasteiger partial charge is 0.0584 e. The van der Waals surface area contributed by atoms with Crippen molar-refractivity contribution in [2.45, 2.75) is 47.0 Å². The topological polar surface area (TPSA) is 0 Å². The zero-order chi connectivity index (χ0) is 22.2. The molecule has 0 N–H and O–H groups in total. The summed E-state index contributed by atoms with van der Waals surface area (Å²) in [5.74, 6) is 0. The van der Waals surface area contributed by atoms with Crippen molar-refractivity contribution >= 4 is 0 Å².